The molecule has 0 spiro atoms. The van der Waals surface area contributed by atoms with Crippen LogP contribution in [-0.4, -0.2) is 57.1 Å². The van der Waals surface area contributed by atoms with Crippen LogP contribution >= 0.6 is 39.0 Å². The zero-order valence-electron chi connectivity index (χ0n) is 23.4. The van der Waals surface area contributed by atoms with E-state index in [0.29, 0.717) is 17.9 Å². The predicted octanol–water partition coefficient (Wildman–Crippen LogP) is 4.47. The molecule has 7 rings (SSSR count). The minimum Gasteiger partial charge on any atom is -0.483 e. The number of ether oxygens (including phenoxy) is 1. The number of rotatable bonds is 8. The van der Waals surface area contributed by atoms with Crippen molar-refractivity contribution in [3.63, 3.8) is 0 Å². The van der Waals surface area contributed by atoms with E-state index in [9.17, 15) is 29.1 Å². The monoisotopic (exact) mass is 697 g/mol. The van der Waals surface area contributed by atoms with Gasteiger partial charge in [-0.15, -0.1) is 11.8 Å². The maximum absolute atomic E-state index is 13.6. The number of thioether (sulfide) groups is 1. The maximum atomic E-state index is 13.6. The average molecular weight is 699 g/mol. The van der Waals surface area contributed by atoms with Crippen molar-refractivity contribution < 1.29 is 29.0 Å². The van der Waals surface area contributed by atoms with Crippen LogP contribution < -0.4 is 14.9 Å². The second kappa shape index (κ2) is 11.2. The van der Waals surface area contributed by atoms with Crippen molar-refractivity contribution in [2.75, 3.05) is 18.5 Å². The van der Waals surface area contributed by atoms with Crippen LogP contribution in [0.2, 0.25) is 0 Å². The first-order valence-corrected chi connectivity index (χ1v) is 16.8. The minimum absolute atomic E-state index is 0.0307. The van der Waals surface area contributed by atoms with Crippen LogP contribution in [0.25, 0.3) is 0 Å². The summed E-state index contributed by atoms with van der Waals surface area (Å²) in [6.07, 6.45) is 0.423. The van der Waals surface area contributed by atoms with E-state index in [-0.39, 0.29) is 71.1 Å². The van der Waals surface area contributed by atoms with E-state index < -0.39 is 17.8 Å². The molecule has 2 saturated carbocycles. The van der Waals surface area contributed by atoms with Gasteiger partial charge in [-0.3, -0.25) is 28.9 Å². The first-order valence-electron chi connectivity index (χ1n) is 14.4. The Morgan fingerprint density at radius 1 is 1.09 bits per heavy atom. The number of halogens is 1. The normalized spacial score (nSPS) is 28.0. The number of H-pyrrole nitrogens is 1. The number of carboxylic acids is 1. The van der Waals surface area contributed by atoms with Crippen LogP contribution in [-0.2, 0) is 19.2 Å². The number of carbonyl (C=O) groups excluding carboxylic acids is 3. The van der Waals surface area contributed by atoms with Crippen LogP contribution in [0.3, 0.4) is 0 Å². The molecular formula is C31H28BrN3O7S2. The third-order valence-electron chi connectivity index (χ3n) is 9.37. The molecule has 0 radical (unpaired) electrons. The molecule has 7 atom stereocenters. The van der Waals surface area contributed by atoms with Crippen molar-refractivity contribution in [1.29, 1.82) is 0 Å². The molecule has 3 aromatic rings. The van der Waals surface area contributed by atoms with E-state index in [1.807, 2.05) is 43.3 Å². The van der Waals surface area contributed by atoms with Crippen molar-refractivity contribution in [3.8, 4) is 5.75 Å². The minimum atomic E-state index is -1.06. The smallest absolute Gasteiger partial charge is 0.305 e. The van der Waals surface area contributed by atoms with Gasteiger partial charge in [0.2, 0.25) is 11.8 Å². The summed E-state index contributed by atoms with van der Waals surface area (Å²) >= 11 is 6.31. The lowest BCUT2D eigenvalue weighted by Gasteiger charge is -2.43. The Hall–Kier alpha value is -3.42. The molecule has 3 heterocycles. The van der Waals surface area contributed by atoms with Gasteiger partial charge in [0.15, 0.2) is 6.61 Å². The lowest BCUT2D eigenvalue weighted by Crippen LogP contribution is -2.42. The average Bonchev–Trinajstić information content (AvgIpc) is 3.71. The summed E-state index contributed by atoms with van der Waals surface area (Å²) in [6.45, 7) is 1.62. The number of aromatic nitrogens is 1. The topological polar surface area (TPSA) is 146 Å². The zero-order valence-corrected chi connectivity index (χ0v) is 26.7. The molecule has 3 fully saturated rings. The molecule has 1 aromatic heterocycles. The number of thiazole rings is 1. The molecule has 2 bridgehead atoms. The Morgan fingerprint density at radius 3 is 2.55 bits per heavy atom. The van der Waals surface area contributed by atoms with Crippen LogP contribution in [0.4, 0.5) is 5.69 Å². The molecule has 4 aliphatic rings. The fourth-order valence-electron chi connectivity index (χ4n) is 7.73. The highest BCUT2D eigenvalue weighted by Crippen LogP contribution is 2.69. The van der Waals surface area contributed by atoms with E-state index in [1.54, 1.807) is 17.8 Å². The highest BCUT2D eigenvalue weighted by Gasteiger charge is 2.69. The van der Waals surface area contributed by atoms with Crippen molar-refractivity contribution in [2.45, 2.75) is 36.0 Å². The summed E-state index contributed by atoms with van der Waals surface area (Å²) in [7, 11) is 0. The molecule has 3 N–H and O–H groups in total. The van der Waals surface area contributed by atoms with E-state index >= 15 is 0 Å². The Labute approximate surface area is 268 Å². The SMILES string of the molecule is Cc1ccc(NC(=O)COc2ccc(Br)cc2[C@H]2c3sc(=O)[nH]c3SC3C4CC(C5C(=O)N(CCC(=O)O)C(=O)C45)C32)cc1. The van der Waals surface area contributed by atoms with E-state index in [1.165, 1.54) is 0 Å². The first kappa shape index (κ1) is 29.3. The molecule has 13 heteroatoms. The molecule has 2 aliphatic heterocycles. The van der Waals surface area contributed by atoms with E-state index in [0.717, 1.165) is 41.7 Å². The number of nitrogens with zero attached hydrogens (tertiary/aromatic N) is 1. The molecule has 1 saturated heterocycles. The summed E-state index contributed by atoms with van der Waals surface area (Å²) in [5, 5.41) is 12.8. The molecule has 10 nitrogen and oxygen atoms in total. The number of benzene rings is 2. The number of hydrogen-bond donors (Lipinski definition) is 3. The Kier molecular flexibility index (Phi) is 7.45. The van der Waals surface area contributed by atoms with Crippen molar-refractivity contribution >= 4 is 68.4 Å². The number of fused-ring (bicyclic) bond motifs is 9. The predicted molar refractivity (Wildman–Crippen MR) is 167 cm³/mol. The van der Waals surface area contributed by atoms with E-state index in [4.69, 9.17) is 4.74 Å². The van der Waals surface area contributed by atoms with Crippen LogP contribution in [0.15, 0.2) is 56.8 Å². The number of anilines is 1. The summed E-state index contributed by atoms with van der Waals surface area (Å²) in [5.41, 5.74) is 2.55. The number of nitrogens with one attached hydrogen (secondary N) is 2. The highest BCUT2D eigenvalue weighted by atomic mass is 79.9. The number of aliphatic carboxylic acids is 1. The Bertz CT molecular complexity index is 1760. The molecule has 6 unspecified atom stereocenters. The number of amides is 3. The third kappa shape index (κ3) is 4.89. The summed E-state index contributed by atoms with van der Waals surface area (Å²) in [5.74, 6) is -3.01. The largest absolute Gasteiger partial charge is 0.483 e. The van der Waals surface area contributed by atoms with Crippen LogP contribution in [0, 0.1) is 36.5 Å². The number of aromatic amines is 1. The van der Waals surface area contributed by atoms with Crippen molar-refractivity contribution in [2.24, 2.45) is 29.6 Å². The number of likely N-dealkylation sites (tertiary alicyclic amines) is 1. The first-order chi connectivity index (χ1) is 21.1. The second-order valence-electron chi connectivity index (χ2n) is 11.8. The fourth-order valence-corrected chi connectivity index (χ4v) is 11.0. The molecule has 3 amide bonds. The van der Waals surface area contributed by atoms with Gasteiger partial charge in [0.25, 0.3) is 5.91 Å². The lowest BCUT2D eigenvalue weighted by molar-refractivity contribution is -0.142. The van der Waals surface area contributed by atoms with Gasteiger partial charge in [-0.1, -0.05) is 45.0 Å². The van der Waals surface area contributed by atoms with Crippen molar-refractivity contribution in [3.05, 3.63) is 72.6 Å². The lowest BCUT2D eigenvalue weighted by atomic mass is 9.68. The summed E-state index contributed by atoms with van der Waals surface area (Å²) in [6, 6.07) is 13.1. The number of carbonyl (C=O) groups is 4. The standard InChI is InChI=1S/C31H28BrN3O7S2/c1-13-2-5-15(6-3-13)33-20(36)12-42-19-7-4-14(32)10-16(19)22-23-17-11-18(26(23)43-28-27(22)44-31(41)34-28)25-24(17)29(39)35(30(25)40)9-8-21(37)38/h2-7,10,17-18,22-26H,8-9,11-12H2,1H3,(H,33,36)(H,34,41)(H,37,38)/t17?,18?,22-,23?,24?,25?,26?/m1/s1. The summed E-state index contributed by atoms with van der Waals surface area (Å²) < 4.78 is 6.94. The zero-order chi connectivity index (χ0) is 30.9. The molecule has 44 heavy (non-hydrogen) atoms. The van der Waals surface area contributed by atoms with Crippen LogP contribution in [0.1, 0.15) is 34.8 Å². The van der Waals surface area contributed by atoms with Gasteiger partial charge in [0, 0.05) is 38.3 Å². The number of aryl methyl sites for hydroxylation is 1. The molecular weight excluding hydrogens is 670 g/mol. The molecule has 228 valence electrons. The van der Waals surface area contributed by atoms with Gasteiger partial charge in [0.05, 0.1) is 23.3 Å². The van der Waals surface area contributed by atoms with Crippen LogP contribution in [0.5, 0.6) is 5.75 Å². The van der Waals surface area contributed by atoms with E-state index in [2.05, 4.69) is 26.2 Å². The second-order valence-corrected chi connectivity index (χ2v) is 14.9. The number of carboxylic acid groups (broad SMARTS) is 1. The quantitative estimate of drug-likeness (QED) is 0.292. The van der Waals surface area contributed by atoms with Gasteiger partial charge >= 0.3 is 10.8 Å². The van der Waals surface area contributed by atoms with Gasteiger partial charge in [0.1, 0.15) is 5.75 Å². The van der Waals surface area contributed by atoms with Gasteiger partial charge in [-0.25, -0.2) is 0 Å². The summed E-state index contributed by atoms with van der Waals surface area (Å²) in [4.78, 5) is 68.6. The highest BCUT2D eigenvalue weighted by molar-refractivity contribution is 9.10. The molecule has 2 aromatic carbocycles. The maximum Gasteiger partial charge on any atom is 0.305 e. The van der Waals surface area contributed by atoms with Gasteiger partial charge in [-0.05, 0) is 61.4 Å². The fraction of sp³-hybridized carbons (Fsp3) is 0.387. The molecule has 2 aliphatic carbocycles. The van der Waals surface area contributed by atoms with Crippen molar-refractivity contribution in [1.82, 2.24) is 9.88 Å². The van der Waals surface area contributed by atoms with Gasteiger partial charge < -0.3 is 20.1 Å². The third-order valence-corrected chi connectivity index (χ3v) is 12.4. The Balaban J connectivity index is 1.21. The Morgan fingerprint density at radius 2 is 1.82 bits per heavy atom. The number of imide groups is 1. The van der Waals surface area contributed by atoms with Gasteiger partial charge in [-0.2, -0.15) is 0 Å². The number of hydrogen-bond acceptors (Lipinski definition) is 8.